The summed E-state index contributed by atoms with van der Waals surface area (Å²) in [5.41, 5.74) is 1.35. The highest BCUT2D eigenvalue weighted by molar-refractivity contribution is 6.43. The van der Waals surface area contributed by atoms with Crippen LogP contribution < -0.4 is 5.90 Å². The van der Waals surface area contributed by atoms with Gasteiger partial charge in [-0.15, -0.1) is 0 Å². The zero-order valence-electron chi connectivity index (χ0n) is 9.67. The lowest BCUT2D eigenvalue weighted by Gasteiger charge is -2.08. The first kappa shape index (κ1) is 13.1. The Morgan fingerprint density at radius 2 is 2.06 bits per heavy atom. The minimum atomic E-state index is -0.587. The van der Waals surface area contributed by atoms with Crippen LogP contribution in [-0.4, -0.2) is 25.9 Å². The molecule has 0 aliphatic carbocycles. The predicted molar refractivity (Wildman–Crippen MR) is 61.0 cm³/mol. The van der Waals surface area contributed by atoms with E-state index in [-0.39, 0.29) is 12.3 Å². The SMILES string of the molecule is CO/N=C(/C(=O)OC)c1ccccc1CON. The highest BCUT2D eigenvalue weighted by Crippen LogP contribution is 2.12. The van der Waals surface area contributed by atoms with E-state index in [1.165, 1.54) is 14.2 Å². The van der Waals surface area contributed by atoms with E-state index in [2.05, 4.69) is 19.6 Å². The molecule has 0 heterocycles. The lowest BCUT2D eigenvalue weighted by Crippen LogP contribution is -2.19. The first-order chi connectivity index (χ1) is 8.24. The number of oxime groups is 1. The van der Waals surface area contributed by atoms with Crippen LogP contribution in [-0.2, 0) is 25.8 Å². The van der Waals surface area contributed by atoms with Crippen molar-refractivity contribution in [1.82, 2.24) is 0 Å². The second kappa shape index (κ2) is 6.62. The normalized spacial score (nSPS) is 11.1. The molecule has 1 rings (SSSR count). The van der Waals surface area contributed by atoms with Gasteiger partial charge in [0.25, 0.3) is 0 Å². The van der Waals surface area contributed by atoms with Crippen molar-refractivity contribution in [1.29, 1.82) is 0 Å². The van der Waals surface area contributed by atoms with E-state index in [4.69, 9.17) is 5.90 Å². The molecule has 0 aromatic heterocycles. The summed E-state index contributed by atoms with van der Waals surface area (Å²) in [6, 6.07) is 7.06. The fourth-order valence-corrected chi connectivity index (χ4v) is 1.35. The number of hydrogen-bond donors (Lipinski definition) is 1. The van der Waals surface area contributed by atoms with Crippen molar-refractivity contribution in [2.24, 2.45) is 11.1 Å². The van der Waals surface area contributed by atoms with Crippen LogP contribution in [0.25, 0.3) is 0 Å². The molecule has 0 unspecified atom stereocenters. The Kier molecular flexibility index (Phi) is 5.12. The monoisotopic (exact) mass is 238 g/mol. The Morgan fingerprint density at radius 1 is 1.35 bits per heavy atom. The molecule has 0 amide bonds. The van der Waals surface area contributed by atoms with Crippen molar-refractivity contribution in [2.75, 3.05) is 14.2 Å². The van der Waals surface area contributed by atoms with Gasteiger partial charge in [0.05, 0.1) is 13.7 Å². The molecular weight excluding hydrogens is 224 g/mol. The standard InChI is InChI=1S/C11H14N2O4/c1-15-11(14)10(13-16-2)9-6-4-3-5-8(9)7-17-12/h3-6H,7,12H2,1-2H3/b13-10+. The van der Waals surface area contributed by atoms with Crippen LogP contribution in [0, 0.1) is 0 Å². The molecule has 17 heavy (non-hydrogen) atoms. The Morgan fingerprint density at radius 3 is 2.65 bits per heavy atom. The van der Waals surface area contributed by atoms with Gasteiger partial charge in [0.15, 0.2) is 5.71 Å². The summed E-state index contributed by atoms with van der Waals surface area (Å²) in [7, 11) is 2.63. The van der Waals surface area contributed by atoms with E-state index >= 15 is 0 Å². The number of hydrogen-bond acceptors (Lipinski definition) is 6. The number of esters is 1. The lowest BCUT2D eigenvalue weighted by atomic mass is 10.0. The topological polar surface area (TPSA) is 83.1 Å². The van der Waals surface area contributed by atoms with Crippen molar-refractivity contribution < 1.29 is 19.2 Å². The zero-order valence-corrected chi connectivity index (χ0v) is 9.67. The maximum Gasteiger partial charge on any atom is 0.360 e. The Balaban J connectivity index is 3.18. The molecule has 0 atom stereocenters. The average Bonchev–Trinajstić information content (AvgIpc) is 2.36. The van der Waals surface area contributed by atoms with Crippen LogP contribution >= 0.6 is 0 Å². The number of methoxy groups -OCH3 is 1. The Labute approximate surface area is 98.9 Å². The third-order valence-electron chi connectivity index (χ3n) is 2.07. The maximum absolute atomic E-state index is 11.6. The second-order valence-corrected chi connectivity index (χ2v) is 3.08. The second-order valence-electron chi connectivity index (χ2n) is 3.08. The first-order valence-corrected chi connectivity index (χ1v) is 4.84. The number of nitrogens with zero attached hydrogens (tertiary/aromatic N) is 1. The smallest absolute Gasteiger partial charge is 0.360 e. The summed E-state index contributed by atoms with van der Waals surface area (Å²) in [6.07, 6.45) is 0. The Hall–Kier alpha value is -1.92. The van der Waals surface area contributed by atoms with Gasteiger partial charge in [-0.25, -0.2) is 10.7 Å². The molecule has 6 heteroatoms. The molecule has 1 aromatic rings. The number of ether oxygens (including phenoxy) is 1. The Bertz CT molecular complexity index is 418. The minimum Gasteiger partial charge on any atom is -0.464 e. The average molecular weight is 238 g/mol. The van der Waals surface area contributed by atoms with Gasteiger partial charge >= 0.3 is 5.97 Å². The van der Waals surface area contributed by atoms with E-state index in [1.807, 2.05) is 0 Å². The van der Waals surface area contributed by atoms with Crippen LogP contribution in [0.15, 0.2) is 29.4 Å². The molecule has 0 saturated carbocycles. The summed E-state index contributed by atoms with van der Waals surface area (Å²) in [6.45, 7) is 0.163. The highest BCUT2D eigenvalue weighted by Gasteiger charge is 2.18. The van der Waals surface area contributed by atoms with E-state index < -0.39 is 5.97 Å². The van der Waals surface area contributed by atoms with E-state index in [1.54, 1.807) is 24.3 Å². The van der Waals surface area contributed by atoms with Crippen LogP contribution in [0.3, 0.4) is 0 Å². The number of carbonyl (C=O) groups is 1. The largest absolute Gasteiger partial charge is 0.464 e. The summed E-state index contributed by atoms with van der Waals surface area (Å²) < 4.78 is 4.63. The molecule has 0 aliphatic rings. The number of benzene rings is 1. The van der Waals surface area contributed by atoms with E-state index in [0.717, 1.165) is 5.56 Å². The third-order valence-corrected chi connectivity index (χ3v) is 2.07. The van der Waals surface area contributed by atoms with Gasteiger partial charge in [-0.2, -0.15) is 0 Å². The van der Waals surface area contributed by atoms with E-state index in [9.17, 15) is 4.79 Å². The van der Waals surface area contributed by atoms with Crippen LogP contribution in [0.1, 0.15) is 11.1 Å². The summed E-state index contributed by atoms with van der Waals surface area (Å²) in [5.74, 6) is 4.44. The molecule has 0 radical (unpaired) electrons. The molecule has 92 valence electrons. The van der Waals surface area contributed by atoms with E-state index in [0.29, 0.717) is 5.56 Å². The minimum absolute atomic E-state index is 0.0719. The third kappa shape index (κ3) is 3.27. The van der Waals surface area contributed by atoms with Gasteiger partial charge in [-0.05, 0) is 5.56 Å². The zero-order chi connectivity index (χ0) is 12.7. The molecule has 0 bridgehead atoms. The lowest BCUT2D eigenvalue weighted by molar-refractivity contribution is -0.132. The van der Waals surface area contributed by atoms with Gasteiger partial charge in [-0.1, -0.05) is 29.4 Å². The molecule has 0 spiro atoms. The van der Waals surface area contributed by atoms with Crippen molar-refractivity contribution in [3.63, 3.8) is 0 Å². The molecule has 0 saturated heterocycles. The molecule has 2 N–H and O–H groups in total. The fraction of sp³-hybridized carbons (Fsp3) is 0.273. The predicted octanol–water partition coefficient (Wildman–Crippen LogP) is 0.600. The molecule has 0 fully saturated rings. The van der Waals surface area contributed by atoms with Gasteiger partial charge < -0.3 is 9.57 Å². The van der Waals surface area contributed by atoms with Crippen LogP contribution in [0.2, 0.25) is 0 Å². The summed E-state index contributed by atoms with van der Waals surface area (Å²) >= 11 is 0. The molecule has 1 aromatic carbocycles. The molecular formula is C11H14N2O4. The number of carbonyl (C=O) groups excluding carboxylic acids is 1. The van der Waals surface area contributed by atoms with Crippen molar-refractivity contribution >= 4 is 11.7 Å². The van der Waals surface area contributed by atoms with Gasteiger partial charge in [0.1, 0.15) is 7.11 Å². The van der Waals surface area contributed by atoms with Crippen LogP contribution in [0.5, 0.6) is 0 Å². The summed E-state index contributed by atoms with van der Waals surface area (Å²) in [4.78, 5) is 20.7. The van der Waals surface area contributed by atoms with Crippen molar-refractivity contribution in [3.05, 3.63) is 35.4 Å². The van der Waals surface area contributed by atoms with Gasteiger partial charge in [-0.3, -0.25) is 4.84 Å². The maximum atomic E-state index is 11.6. The fourth-order valence-electron chi connectivity index (χ4n) is 1.35. The van der Waals surface area contributed by atoms with Crippen molar-refractivity contribution in [3.8, 4) is 0 Å². The summed E-state index contributed by atoms with van der Waals surface area (Å²) in [5, 5.41) is 3.65. The quantitative estimate of drug-likeness (QED) is 0.461. The first-order valence-electron chi connectivity index (χ1n) is 4.84. The highest BCUT2D eigenvalue weighted by atomic mass is 16.6. The number of nitrogens with two attached hydrogens (primary N) is 1. The van der Waals surface area contributed by atoms with Gasteiger partial charge in [0.2, 0.25) is 0 Å². The van der Waals surface area contributed by atoms with Gasteiger partial charge in [0, 0.05) is 5.56 Å². The molecule has 0 aliphatic heterocycles. The van der Waals surface area contributed by atoms with Crippen molar-refractivity contribution in [2.45, 2.75) is 6.61 Å². The van der Waals surface area contributed by atoms with Crippen LogP contribution in [0.4, 0.5) is 0 Å². The number of rotatable bonds is 5. The molecule has 6 nitrogen and oxygen atoms in total.